The maximum absolute atomic E-state index is 12.4. The van der Waals surface area contributed by atoms with Gasteiger partial charge in [0, 0.05) is 18.2 Å². The van der Waals surface area contributed by atoms with E-state index in [0.29, 0.717) is 12.2 Å². The number of rotatable bonds is 7. The highest BCUT2D eigenvalue weighted by molar-refractivity contribution is 7.86. The van der Waals surface area contributed by atoms with Crippen LogP contribution in [0.1, 0.15) is 30.7 Å². The third-order valence-corrected chi connectivity index (χ3v) is 5.87. The van der Waals surface area contributed by atoms with Gasteiger partial charge in [0.1, 0.15) is 12.3 Å². The second-order valence-corrected chi connectivity index (χ2v) is 8.45. The van der Waals surface area contributed by atoms with E-state index in [-0.39, 0.29) is 23.9 Å². The molecular formula is C19H24N2O7S. The van der Waals surface area contributed by atoms with Crippen molar-refractivity contribution in [2.45, 2.75) is 50.5 Å². The number of aliphatic hydroxyl groups excluding tert-OH is 1. The molecule has 29 heavy (non-hydrogen) atoms. The van der Waals surface area contributed by atoms with Crippen LogP contribution in [-0.4, -0.2) is 48.5 Å². The number of aliphatic hydroxyl groups is 1. The average molecular weight is 424 g/mol. The van der Waals surface area contributed by atoms with E-state index in [1.165, 1.54) is 16.7 Å². The van der Waals surface area contributed by atoms with Gasteiger partial charge in [-0.25, -0.2) is 0 Å². The van der Waals surface area contributed by atoms with Gasteiger partial charge in [-0.1, -0.05) is 17.7 Å². The highest BCUT2D eigenvalue weighted by Gasteiger charge is 2.37. The lowest BCUT2D eigenvalue weighted by molar-refractivity contribution is -0.0415. The first-order valence-corrected chi connectivity index (χ1v) is 10.6. The minimum absolute atomic E-state index is 0.0333. The Kier molecular flexibility index (Phi) is 6.37. The van der Waals surface area contributed by atoms with Gasteiger partial charge in [0.15, 0.2) is 0 Å². The molecule has 2 heterocycles. The second kappa shape index (κ2) is 8.62. The van der Waals surface area contributed by atoms with Gasteiger partial charge in [0.2, 0.25) is 0 Å². The topological polar surface area (TPSA) is 117 Å². The van der Waals surface area contributed by atoms with Crippen molar-refractivity contribution < 1.29 is 27.2 Å². The van der Waals surface area contributed by atoms with E-state index in [0.717, 1.165) is 5.56 Å². The number of hydrogen-bond acceptors (Lipinski definition) is 8. The zero-order valence-corrected chi connectivity index (χ0v) is 17.3. The van der Waals surface area contributed by atoms with E-state index in [1.54, 1.807) is 32.2 Å². The van der Waals surface area contributed by atoms with E-state index in [1.807, 2.05) is 6.92 Å². The van der Waals surface area contributed by atoms with Crippen LogP contribution >= 0.6 is 0 Å². The van der Waals surface area contributed by atoms with Crippen LogP contribution in [0.2, 0.25) is 0 Å². The Balaban J connectivity index is 1.72. The first-order valence-electron chi connectivity index (χ1n) is 9.23. The van der Waals surface area contributed by atoms with Gasteiger partial charge < -0.3 is 14.6 Å². The summed E-state index contributed by atoms with van der Waals surface area (Å²) < 4.78 is 42.5. The largest absolute Gasteiger partial charge is 0.465 e. The lowest BCUT2D eigenvalue weighted by Gasteiger charge is -2.19. The summed E-state index contributed by atoms with van der Waals surface area (Å²) in [7, 11) is -3.98. The van der Waals surface area contributed by atoms with Crippen LogP contribution < -0.4 is 10.3 Å². The lowest BCUT2D eigenvalue weighted by atomic mass is 10.2. The number of hydrogen-bond donors (Lipinski definition) is 1. The molecule has 0 saturated carbocycles. The fourth-order valence-corrected chi connectivity index (χ4v) is 3.88. The van der Waals surface area contributed by atoms with Crippen molar-refractivity contribution >= 4 is 10.1 Å². The van der Waals surface area contributed by atoms with Gasteiger partial charge in [-0.05, 0) is 32.9 Å². The van der Waals surface area contributed by atoms with E-state index in [4.69, 9.17) is 13.7 Å². The Labute approximate surface area is 169 Å². The van der Waals surface area contributed by atoms with Crippen LogP contribution in [0, 0.1) is 13.8 Å². The van der Waals surface area contributed by atoms with E-state index in [9.17, 15) is 18.3 Å². The van der Waals surface area contributed by atoms with Gasteiger partial charge in [-0.15, -0.1) is 0 Å². The smallest absolute Gasteiger partial charge is 0.301 e. The summed E-state index contributed by atoms with van der Waals surface area (Å²) in [6, 6.07) is 6.35. The molecule has 0 amide bonds. The summed E-state index contributed by atoms with van der Waals surface area (Å²) in [4.78, 5) is 15.7. The molecule has 1 fully saturated rings. The molecule has 0 radical (unpaired) electrons. The van der Waals surface area contributed by atoms with Crippen molar-refractivity contribution in [3.8, 4) is 6.01 Å². The molecule has 1 N–H and O–H groups in total. The quantitative estimate of drug-likeness (QED) is 0.662. The molecule has 10 heteroatoms. The van der Waals surface area contributed by atoms with Crippen molar-refractivity contribution in [2.75, 3.05) is 13.2 Å². The molecule has 0 spiro atoms. The molecule has 3 atom stereocenters. The van der Waals surface area contributed by atoms with Crippen LogP contribution in [0.25, 0.3) is 0 Å². The summed E-state index contributed by atoms with van der Waals surface area (Å²) in [5.41, 5.74) is 0.914. The Bertz CT molecular complexity index is 1020. The molecule has 158 valence electrons. The van der Waals surface area contributed by atoms with Gasteiger partial charge in [0.05, 0.1) is 24.2 Å². The predicted octanol–water partition coefficient (Wildman–Crippen LogP) is 1.31. The van der Waals surface area contributed by atoms with Crippen LogP contribution in [0.15, 0.2) is 40.2 Å². The minimum atomic E-state index is -3.98. The van der Waals surface area contributed by atoms with Crippen LogP contribution in [0.5, 0.6) is 6.01 Å². The maximum Gasteiger partial charge on any atom is 0.301 e. The fraction of sp³-hybridized carbons (Fsp3) is 0.474. The Morgan fingerprint density at radius 1 is 1.28 bits per heavy atom. The fourth-order valence-electron chi connectivity index (χ4n) is 2.96. The minimum Gasteiger partial charge on any atom is -0.465 e. The monoisotopic (exact) mass is 424 g/mol. The standard InChI is InChI=1S/C19H24N2O7S/c1-4-26-19-20-18(23)13(3)10-21(19)17-9-15(22)16(28-17)11-27-29(24,25)14-7-5-12(2)6-8-14/h5-8,10,15-17,22H,4,9,11H2,1-3H3/t15-,16-,17-/m1/s1. The Hall–Kier alpha value is -2.27. The third kappa shape index (κ3) is 4.84. The third-order valence-electron chi connectivity index (χ3n) is 4.57. The molecule has 1 aliphatic rings. The van der Waals surface area contributed by atoms with Crippen LogP contribution in [0.4, 0.5) is 0 Å². The molecule has 0 aliphatic carbocycles. The molecule has 1 aromatic heterocycles. The number of aryl methyl sites for hydroxylation is 2. The summed E-state index contributed by atoms with van der Waals surface area (Å²) in [6.07, 6.45) is -0.780. The lowest BCUT2D eigenvalue weighted by Crippen LogP contribution is -2.28. The molecule has 0 bridgehead atoms. The predicted molar refractivity (Wildman–Crippen MR) is 103 cm³/mol. The van der Waals surface area contributed by atoms with E-state index < -0.39 is 34.1 Å². The zero-order valence-electron chi connectivity index (χ0n) is 16.4. The average Bonchev–Trinajstić information content (AvgIpc) is 3.04. The summed E-state index contributed by atoms with van der Waals surface area (Å²) in [5.74, 6) is 0. The van der Waals surface area contributed by atoms with Crippen LogP contribution in [-0.2, 0) is 19.0 Å². The van der Waals surface area contributed by atoms with Gasteiger partial charge in [-0.3, -0.25) is 13.5 Å². The molecule has 2 aromatic rings. The molecule has 3 rings (SSSR count). The van der Waals surface area contributed by atoms with Crippen molar-refractivity contribution in [3.05, 3.63) is 51.9 Å². The van der Waals surface area contributed by atoms with Crippen molar-refractivity contribution in [1.82, 2.24) is 9.55 Å². The zero-order chi connectivity index (χ0) is 21.2. The number of aromatic nitrogens is 2. The van der Waals surface area contributed by atoms with Gasteiger partial charge >= 0.3 is 6.01 Å². The first kappa shape index (κ1) is 21.4. The molecular weight excluding hydrogens is 400 g/mol. The summed E-state index contributed by atoms with van der Waals surface area (Å²) >= 11 is 0. The molecule has 0 unspecified atom stereocenters. The summed E-state index contributed by atoms with van der Waals surface area (Å²) in [6.45, 7) is 5.18. The van der Waals surface area contributed by atoms with E-state index >= 15 is 0 Å². The van der Waals surface area contributed by atoms with Crippen molar-refractivity contribution in [1.29, 1.82) is 0 Å². The second-order valence-electron chi connectivity index (χ2n) is 6.84. The molecule has 1 saturated heterocycles. The highest BCUT2D eigenvalue weighted by Crippen LogP contribution is 2.31. The van der Waals surface area contributed by atoms with Crippen LogP contribution in [0.3, 0.4) is 0 Å². The van der Waals surface area contributed by atoms with Gasteiger partial charge in [0.25, 0.3) is 15.7 Å². The normalized spacial score (nSPS) is 22.0. The number of ether oxygens (including phenoxy) is 2. The first-order chi connectivity index (χ1) is 13.7. The number of benzene rings is 1. The Morgan fingerprint density at radius 2 is 1.97 bits per heavy atom. The SMILES string of the molecule is CCOc1nc(=O)c(C)cn1[C@H]1C[C@@H](O)[C@@H](COS(=O)(=O)c2ccc(C)cc2)O1. The van der Waals surface area contributed by atoms with Gasteiger partial charge in [-0.2, -0.15) is 13.4 Å². The molecule has 9 nitrogen and oxygen atoms in total. The highest BCUT2D eigenvalue weighted by atomic mass is 32.2. The van der Waals surface area contributed by atoms with E-state index in [2.05, 4.69) is 4.98 Å². The van der Waals surface area contributed by atoms with Crippen molar-refractivity contribution in [3.63, 3.8) is 0 Å². The molecule has 1 aromatic carbocycles. The molecule has 1 aliphatic heterocycles. The summed E-state index contributed by atoms with van der Waals surface area (Å²) in [5, 5.41) is 10.3. The maximum atomic E-state index is 12.4. The van der Waals surface area contributed by atoms with Crippen molar-refractivity contribution in [2.24, 2.45) is 0 Å². The Morgan fingerprint density at radius 3 is 2.62 bits per heavy atom. The number of nitrogens with zero attached hydrogens (tertiary/aromatic N) is 2.